The first-order valence-corrected chi connectivity index (χ1v) is 17.1. The van der Waals surface area contributed by atoms with Crippen molar-refractivity contribution < 1.29 is 27.1 Å². The summed E-state index contributed by atoms with van der Waals surface area (Å²) in [5.74, 6) is -1.80. The van der Waals surface area contributed by atoms with Gasteiger partial charge in [0.1, 0.15) is 36.3 Å². The van der Waals surface area contributed by atoms with Crippen LogP contribution in [0.4, 0.5) is 33.3 Å². The van der Waals surface area contributed by atoms with Gasteiger partial charge in [0.25, 0.3) is 0 Å². The number of fused-ring (bicyclic) bond motifs is 3. The lowest BCUT2D eigenvalue weighted by Crippen LogP contribution is -2.44. The van der Waals surface area contributed by atoms with Gasteiger partial charge in [-0.25, -0.2) is 27.9 Å². The molecule has 3 aliphatic rings. The molecule has 0 saturated carbocycles. The SMILES string of the molecule is Nc1nc2c(-c3c(Cl)cc4c(NC5CCN(C(=O)n6cnc(F)c6)CC5)nc(OC[C@@]56CCCN5C[C@H](F)C6)nc4c3F)ccc(F)c2s1. The number of piperidine rings is 1. The lowest BCUT2D eigenvalue weighted by atomic mass is 9.95. The van der Waals surface area contributed by atoms with Gasteiger partial charge in [-0.05, 0) is 50.4 Å². The molecule has 0 unspecified atom stereocenters. The number of halogens is 5. The number of nitrogen functional groups attached to an aromatic ring is 1. The van der Waals surface area contributed by atoms with Gasteiger partial charge in [-0.1, -0.05) is 22.9 Å². The van der Waals surface area contributed by atoms with E-state index in [2.05, 4.69) is 30.2 Å². The Balaban J connectivity index is 1.15. The van der Waals surface area contributed by atoms with Gasteiger partial charge in [0.2, 0.25) is 5.95 Å². The molecule has 0 bridgehead atoms. The normalized spacial score (nSPS) is 21.6. The summed E-state index contributed by atoms with van der Waals surface area (Å²) in [6.07, 6.45) is 4.23. The Bertz CT molecular complexity index is 2110. The number of ether oxygens (including phenoxy) is 1. The summed E-state index contributed by atoms with van der Waals surface area (Å²) in [5.41, 5.74) is 5.71. The molecule has 17 heteroatoms. The summed E-state index contributed by atoms with van der Waals surface area (Å²) in [5, 5.41) is 3.81. The molecule has 0 spiro atoms. The molecule has 2 atom stereocenters. The van der Waals surface area contributed by atoms with Crippen LogP contribution in [0.15, 0.2) is 30.7 Å². The average molecular weight is 716 g/mol. The zero-order valence-corrected chi connectivity index (χ0v) is 27.5. The highest BCUT2D eigenvalue weighted by atomic mass is 35.5. The van der Waals surface area contributed by atoms with E-state index in [-0.39, 0.29) is 72.9 Å². The van der Waals surface area contributed by atoms with E-state index in [0.717, 1.165) is 47.8 Å². The Morgan fingerprint density at radius 1 is 1.14 bits per heavy atom. The van der Waals surface area contributed by atoms with E-state index in [1.807, 2.05) is 0 Å². The summed E-state index contributed by atoms with van der Waals surface area (Å²) < 4.78 is 66.7. The number of hydrogen-bond acceptors (Lipinski definition) is 10. The van der Waals surface area contributed by atoms with Gasteiger partial charge >= 0.3 is 12.0 Å². The fraction of sp³-hybridized carbons (Fsp3) is 0.406. The number of carbonyl (C=O) groups is 1. The first-order valence-electron chi connectivity index (χ1n) is 15.9. The van der Waals surface area contributed by atoms with Crippen LogP contribution < -0.4 is 15.8 Å². The van der Waals surface area contributed by atoms with Crippen molar-refractivity contribution in [3.8, 4) is 17.1 Å². The summed E-state index contributed by atoms with van der Waals surface area (Å²) in [6.45, 7) is 1.97. The van der Waals surface area contributed by atoms with Gasteiger partial charge in [0.05, 0.1) is 27.0 Å². The number of amides is 1. The molecular formula is C32H30ClF4N9O2S. The third-order valence-electron chi connectivity index (χ3n) is 9.75. The second kappa shape index (κ2) is 12.2. The Labute approximate surface area is 286 Å². The van der Waals surface area contributed by atoms with E-state index in [0.29, 0.717) is 38.9 Å². The Kier molecular flexibility index (Phi) is 7.99. The Morgan fingerprint density at radius 3 is 2.73 bits per heavy atom. The molecule has 0 radical (unpaired) electrons. The molecule has 3 saturated heterocycles. The molecule has 3 aromatic heterocycles. The fourth-order valence-corrected chi connectivity index (χ4v) is 8.47. The van der Waals surface area contributed by atoms with Crippen molar-refractivity contribution in [2.75, 3.05) is 43.8 Å². The Morgan fingerprint density at radius 2 is 1.96 bits per heavy atom. The minimum absolute atomic E-state index is 0.0261. The van der Waals surface area contributed by atoms with Crippen LogP contribution in [0, 0.1) is 17.6 Å². The summed E-state index contributed by atoms with van der Waals surface area (Å²) >= 11 is 7.70. The third kappa shape index (κ3) is 5.68. The van der Waals surface area contributed by atoms with Gasteiger partial charge in [0, 0.05) is 48.6 Å². The minimum Gasteiger partial charge on any atom is -0.461 e. The molecular weight excluding hydrogens is 686 g/mol. The van der Waals surface area contributed by atoms with Crippen LogP contribution >= 0.6 is 22.9 Å². The van der Waals surface area contributed by atoms with Crippen molar-refractivity contribution in [3.05, 3.63) is 53.3 Å². The molecule has 6 heterocycles. The number of likely N-dealkylation sites (tertiary alicyclic amines) is 1. The highest BCUT2D eigenvalue weighted by molar-refractivity contribution is 7.22. The first kappa shape index (κ1) is 32.0. The van der Waals surface area contributed by atoms with Crippen LogP contribution in [-0.2, 0) is 0 Å². The zero-order valence-electron chi connectivity index (χ0n) is 25.9. The molecule has 256 valence electrons. The molecule has 3 fully saturated rings. The second-order valence-corrected chi connectivity index (χ2v) is 14.2. The lowest BCUT2D eigenvalue weighted by molar-refractivity contribution is 0.107. The van der Waals surface area contributed by atoms with Crippen molar-refractivity contribution in [1.29, 1.82) is 0 Å². The number of imidazole rings is 1. The van der Waals surface area contributed by atoms with E-state index in [9.17, 15) is 18.0 Å². The van der Waals surface area contributed by atoms with E-state index >= 15 is 4.39 Å². The largest absolute Gasteiger partial charge is 0.461 e. The van der Waals surface area contributed by atoms with Crippen molar-refractivity contribution in [2.24, 2.45) is 0 Å². The number of hydrogen-bond donors (Lipinski definition) is 2. The number of rotatable bonds is 6. The van der Waals surface area contributed by atoms with E-state index in [1.165, 1.54) is 12.1 Å². The summed E-state index contributed by atoms with van der Waals surface area (Å²) in [7, 11) is 0. The van der Waals surface area contributed by atoms with Crippen LogP contribution in [0.2, 0.25) is 5.02 Å². The maximum atomic E-state index is 16.8. The average Bonchev–Trinajstić information content (AvgIpc) is 3.85. The van der Waals surface area contributed by atoms with E-state index in [1.54, 1.807) is 11.0 Å². The molecule has 0 aliphatic carbocycles. The van der Waals surface area contributed by atoms with Crippen molar-refractivity contribution in [1.82, 2.24) is 34.3 Å². The highest BCUT2D eigenvalue weighted by Crippen LogP contribution is 2.43. The van der Waals surface area contributed by atoms with E-state index < -0.39 is 29.3 Å². The molecule has 5 aromatic rings. The predicted molar refractivity (Wildman–Crippen MR) is 177 cm³/mol. The third-order valence-corrected chi connectivity index (χ3v) is 10.9. The second-order valence-electron chi connectivity index (χ2n) is 12.8. The highest BCUT2D eigenvalue weighted by Gasteiger charge is 2.49. The molecule has 1 amide bonds. The molecule has 8 rings (SSSR count). The van der Waals surface area contributed by atoms with Gasteiger partial charge in [0.15, 0.2) is 10.9 Å². The topological polar surface area (TPSA) is 127 Å². The standard InChI is InChI=1S/C32H30ClF4N9O2S/c33-20-10-19-25(24(37)23(20)18-2-3-21(35)27-26(18)41-29(38)49-27)42-30(48-14-32-6-1-7-46(32)12-16(34)11-32)43-28(19)40-17-4-8-44(9-5-17)31(47)45-13-22(36)39-15-45/h2-3,10,13,15-17H,1,4-9,11-12,14H2,(H2,38,41)(H,40,42,43)/t16-,32+/m1/s1. The lowest BCUT2D eigenvalue weighted by Gasteiger charge is -2.33. The van der Waals surface area contributed by atoms with Crippen LogP contribution in [-0.4, -0.2) is 90.9 Å². The number of carbonyl (C=O) groups excluding carboxylic acids is 1. The smallest absolute Gasteiger partial charge is 0.329 e. The van der Waals surface area contributed by atoms with Gasteiger partial charge in [-0.3, -0.25) is 9.47 Å². The van der Waals surface area contributed by atoms with Crippen LogP contribution in [0.3, 0.4) is 0 Å². The number of nitrogens with zero attached hydrogens (tertiary/aromatic N) is 7. The minimum atomic E-state index is -0.960. The maximum Gasteiger partial charge on any atom is 0.329 e. The number of nitrogens with two attached hydrogens (primary N) is 1. The first-order chi connectivity index (χ1) is 23.6. The summed E-state index contributed by atoms with van der Waals surface area (Å²) in [4.78, 5) is 33.4. The number of thiazole rings is 1. The van der Waals surface area contributed by atoms with Crippen LogP contribution in [0.1, 0.15) is 32.1 Å². The quantitative estimate of drug-likeness (QED) is 0.196. The molecule has 3 aliphatic heterocycles. The van der Waals surface area contributed by atoms with Crippen molar-refractivity contribution in [3.63, 3.8) is 0 Å². The molecule has 49 heavy (non-hydrogen) atoms. The fourth-order valence-electron chi connectivity index (χ4n) is 7.41. The zero-order chi connectivity index (χ0) is 34.0. The predicted octanol–water partition coefficient (Wildman–Crippen LogP) is 6.26. The number of anilines is 2. The summed E-state index contributed by atoms with van der Waals surface area (Å²) in [6, 6.07) is 3.49. The number of alkyl halides is 1. The van der Waals surface area contributed by atoms with Crippen molar-refractivity contribution in [2.45, 2.75) is 49.9 Å². The number of nitrogens with one attached hydrogen (secondary N) is 1. The molecule has 11 nitrogen and oxygen atoms in total. The number of aromatic nitrogens is 5. The van der Waals surface area contributed by atoms with E-state index in [4.69, 9.17) is 22.1 Å². The monoisotopic (exact) mass is 715 g/mol. The Hall–Kier alpha value is -4.28. The van der Waals surface area contributed by atoms with Gasteiger partial charge < -0.3 is 20.7 Å². The van der Waals surface area contributed by atoms with Crippen LogP contribution in [0.25, 0.3) is 32.2 Å². The molecule has 3 N–H and O–H groups in total. The maximum absolute atomic E-state index is 16.8. The van der Waals surface area contributed by atoms with Crippen LogP contribution in [0.5, 0.6) is 6.01 Å². The van der Waals surface area contributed by atoms with Gasteiger partial charge in [-0.2, -0.15) is 14.4 Å². The van der Waals surface area contributed by atoms with Crippen molar-refractivity contribution >= 4 is 61.0 Å². The molecule has 2 aromatic carbocycles. The van der Waals surface area contributed by atoms with Gasteiger partial charge in [-0.15, -0.1) is 0 Å². The number of benzene rings is 2.